The third-order valence-electron chi connectivity index (χ3n) is 4.11. The highest BCUT2D eigenvalue weighted by Gasteiger charge is 2.24. The lowest BCUT2D eigenvalue weighted by atomic mass is 10.1. The van der Waals surface area contributed by atoms with Gasteiger partial charge in [-0.1, -0.05) is 6.07 Å². The van der Waals surface area contributed by atoms with Gasteiger partial charge < -0.3 is 19.7 Å². The summed E-state index contributed by atoms with van der Waals surface area (Å²) in [6.07, 6.45) is 1.58. The second-order valence-corrected chi connectivity index (χ2v) is 5.98. The number of nitrogens with zero attached hydrogens (tertiary/aromatic N) is 3. The Morgan fingerprint density at radius 3 is 2.68 bits per heavy atom. The number of benzene rings is 1. The van der Waals surface area contributed by atoms with E-state index in [1.807, 2.05) is 37.3 Å². The van der Waals surface area contributed by atoms with E-state index in [1.165, 1.54) is 0 Å². The fourth-order valence-corrected chi connectivity index (χ4v) is 2.70. The molecule has 7 heteroatoms. The lowest BCUT2D eigenvalue weighted by Crippen LogP contribution is -2.43. The van der Waals surface area contributed by atoms with E-state index in [0.717, 1.165) is 24.2 Å². The molecule has 2 heterocycles. The average Bonchev–Trinajstić information content (AvgIpc) is 2.64. The lowest BCUT2D eigenvalue weighted by Gasteiger charge is -2.31. The van der Waals surface area contributed by atoms with E-state index in [4.69, 9.17) is 9.47 Å². The zero-order valence-electron chi connectivity index (χ0n) is 14.4. The lowest BCUT2D eigenvalue weighted by molar-refractivity contribution is 0.110. The van der Waals surface area contributed by atoms with Crippen molar-refractivity contribution in [3.63, 3.8) is 0 Å². The number of ether oxygens (including phenoxy) is 2. The van der Waals surface area contributed by atoms with Crippen LogP contribution < -0.4 is 14.8 Å². The molecule has 132 valence electrons. The summed E-state index contributed by atoms with van der Waals surface area (Å²) in [5.74, 6) is 1.24. The Morgan fingerprint density at radius 2 is 2.00 bits per heavy atom. The van der Waals surface area contributed by atoms with Gasteiger partial charge >= 0.3 is 6.03 Å². The topological polar surface area (TPSA) is 76.6 Å². The molecule has 1 aromatic carbocycles. The SMILES string of the molecule is COc1cccc(NC(=O)N2CCC(Oc3ccc(C)nn3)CC2)c1. The van der Waals surface area contributed by atoms with Crippen molar-refractivity contribution >= 4 is 11.7 Å². The molecule has 1 aliphatic heterocycles. The van der Waals surface area contributed by atoms with Gasteiger partial charge in [0.15, 0.2) is 0 Å². The number of piperidine rings is 1. The minimum absolute atomic E-state index is 0.0536. The van der Waals surface area contributed by atoms with Crippen LogP contribution in [-0.4, -0.2) is 47.4 Å². The van der Waals surface area contributed by atoms with Crippen molar-refractivity contribution in [3.05, 3.63) is 42.1 Å². The summed E-state index contributed by atoms with van der Waals surface area (Å²) < 4.78 is 11.0. The number of likely N-dealkylation sites (tertiary alicyclic amines) is 1. The molecule has 2 amide bonds. The van der Waals surface area contributed by atoms with Crippen molar-refractivity contribution in [2.75, 3.05) is 25.5 Å². The number of carbonyl (C=O) groups is 1. The third-order valence-corrected chi connectivity index (χ3v) is 4.11. The summed E-state index contributed by atoms with van der Waals surface area (Å²) in [6.45, 7) is 3.16. The number of carbonyl (C=O) groups excluding carboxylic acids is 1. The number of aromatic nitrogens is 2. The van der Waals surface area contributed by atoms with Gasteiger partial charge in [-0.15, -0.1) is 5.10 Å². The number of hydrogen-bond acceptors (Lipinski definition) is 5. The van der Waals surface area contributed by atoms with E-state index in [-0.39, 0.29) is 12.1 Å². The van der Waals surface area contributed by atoms with E-state index in [1.54, 1.807) is 18.1 Å². The molecule has 7 nitrogen and oxygen atoms in total. The summed E-state index contributed by atoms with van der Waals surface area (Å²) in [7, 11) is 1.60. The smallest absolute Gasteiger partial charge is 0.321 e. The molecular formula is C18H22N4O3. The quantitative estimate of drug-likeness (QED) is 0.924. The average molecular weight is 342 g/mol. The monoisotopic (exact) mass is 342 g/mol. The first-order chi connectivity index (χ1) is 12.1. The maximum absolute atomic E-state index is 12.4. The Balaban J connectivity index is 1.49. The summed E-state index contributed by atoms with van der Waals surface area (Å²) in [5.41, 5.74) is 1.58. The second-order valence-electron chi connectivity index (χ2n) is 5.98. The van der Waals surface area contributed by atoms with Crippen molar-refractivity contribution in [3.8, 4) is 11.6 Å². The van der Waals surface area contributed by atoms with E-state index < -0.39 is 0 Å². The zero-order valence-corrected chi connectivity index (χ0v) is 14.4. The fourth-order valence-electron chi connectivity index (χ4n) is 2.70. The van der Waals surface area contributed by atoms with E-state index in [2.05, 4.69) is 15.5 Å². The van der Waals surface area contributed by atoms with Crippen LogP contribution >= 0.6 is 0 Å². The summed E-state index contributed by atoms with van der Waals surface area (Å²) in [5, 5.41) is 10.9. The molecule has 1 saturated heterocycles. The molecule has 0 saturated carbocycles. The Morgan fingerprint density at radius 1 is 1.20 bits per heavy atom. The largest absolute Gasteiger partial charge is 0.497 e. The first kappa shape index (κ1) is 17.0. The fraction of sp³-hybridized carbons (Fsp3) is 0.389. The Kier molecular flexibility index (Phi) is 5.33. The van der Waals surface area contributed by atoms with Crippen LogP contribution in [0.25, 0.3) is 0 Å². The molecule has 2 aromatic rings. The van der Waals surface area contributed by atoms with Crippen molar-refractivity contribution in [1.29, 1.82) is 0 Å². The number of amides is 2. The predicted molar refractivity (Wildman–Crippen MR) is 94.0 cm³/mol. The highest BCUT2D eigenvalue weighted by Crippen LogP contribution is 2.20. The summed E-state index contributed by atoms with van der Waals surface area (Å²) in [6, 6.07) is 10.9. The molecule has 0 unspecified atom stereocenters. The standard InChI is InChI=1S/C18H22N4O3/c1-13-6-7-17(21-20-13)25-15-8-10-22(11-9-15)18(23)19-14-4-3-5-16(12-14)24-2/h3-7,12,15H,8-11H2,1-2H3,(H,19,23). The molecule has 1 aromatic heterocycles. The highest BCUT2D eigenvalue weighted by molar-refractivity contribution is 5.89. The number of methoxy groups -OCH3 is 1. The van der Waals surface area contributed by atoms with Gasteiger partial charge in [-0.05, 0) is 25.1 Å². The predicted octanol–water partition coefficient (Wildman–Crippen LogP) is 2.87. The molecule has 3 rings (SSSR count). The number of hydrogen-bond donors (Lipinski definition) is 1. The number of urea groups is 1. The molecule has 0 spiro atoms. The van der Waals surface area contributed by atoms with Gasteiger partial charge in [-0.3, -0.25) is 0 Å². The van der Waals surface area contributed by atoms with Gasteiger partial charge in [0.1, 0.15) is 11.9 Å². The van der Waals surface area contributed by atoms with E-state index in [9.17, 15) is 4.79 Å². The van der Waals surface area contributed by atoms with Gasteiger partial charge in [0, 0.05) is 43.8 Å². The van der Waals surface area contributed by atoms with Crippen LogP contribution in [0.1, 0.15) is 18.5 Å². The molecule has 0 bridgehead atoms. The first-order valence-electron chi connectivity index (χ1n) is 8.31. The molecule has 0 radical (unpaired) electrons. The van der Waals surface area contributed by atoms with Crippen molar-refractivity contribution < 1.29 is 14.3 Å². The third kappa shape index (κ3) is 4.59. The van der Waals surface area contributed by atoms with Gasteiger partial charge in [0.05, 0.1) is 12.8 Å². The van der Waals surface area contributed by atoms with Crippen LogP contribution in [0.3, 0.4) is 0 Å². The number of anilines is 1. The van der Waals surface area contributed by atoms with Crippen LogP contribution in [0.15, 0.2) is 36.4 Å². The van der Waals surface area contributed by atoms with Gasteiger partial charge in [-0.25, -0.2) is 4.79 Å². The van der Waals surface area contributed by atoms with Crippen LogP contribution in [0.2, 0.25) is 0 Å². The van der Waals surface area contributed by atoms with Crippen LogP contribution in [0.5, 0.6) is 11.6 Å². The van der Waals surface area contributed by atoms with Crippen molar-refractivity contribution in [2.45, 2.75) is 25.9 Å². The van der Waals surface area contributed by atoms with Crippen molar-refractivity contribution in [2.24, 2.45) is 0 Å². The highest BCUT2D eigenvalue weighted by atomic mass is 16.5. The molecule has 1 N–H and O–H groups in total. The molecule has 1 aliphatic rings. The van der Waals surface area contributed by atoms with E-state index in [0.29, 0.717) is 24.7 Å². The summed E-state index contributed by atoms with van der Waals surface area (Å²) >= 11 is 0. The van der Waals surface area contributed by atoms with E-state index >= 15 is 0 Å². The van der Waals surface area contributed by atoms with Crippen molar-refractivity contribution in [1.82, 2.24) is 15.1 Å². The normalized spacial score (nSPS) is 14.9. The molecule has 25 heavy (non-hydrogen) atoms. The molecular weight excluding hydrogens is 320 g/mol. The maximum Gasteiger partial charge on any atom is 0.321 e. The molecule has 1 fully saturated rings. The molecule has 0 atom stereocenters. The van der Waals surface area contributed by atoms with Gasteiger partial charge in [0.2, 0.25) is 5.88 Å². The Labute approximate surface area is 147 Å². The number of nitrogens with one attached hydrogen (secondary N) is 1. The number of aryl methyl sites for hydroxylation is 1. The maximum atomic E-state index is 12.4. The summed E-state index contributed by atoms with van der Waals surface area (Å²) in [4.78, 5) is 14.2. The first-order valence-corrected chi connectivity index (χ1v) is 8.31. The van der Waals surface area contributed by atoms with Crippen LogP contribution in [0.4, 0.5) is 10.5 Å². The zero-order chi connectivity index (χ0) is 17.6. The van der Waals surface area contributed by atoms with Crippen LogP contribution in [0, 0.1) is 6.92 Å². The number of rotatable bonds is 4. The van der Waals surface area contributed by atoms with Gasteiger partial charge in [-0.2, -0.15) is 5.10 Å². The Bertz CT molecular complexity index is 713. The Hall–Kier alpha value is -2.83. The second kappa shape index (κ2) is 7.83. The van der Waals surface area contributed by atoms with Gasteiger partial charge in [0.25, 0.3) is 0 Å². The van der Waals surface area contributed by atoms with Crippen LogP contribution in [-0.2, 0) is 0 Å². The molecule has 0 aliphatic carbocycles. The minimum Gasteiger partial charge on any atom is -0.497 e. The minimum atomic E-state index is -0.109.